The molecule has 2 heterocycles. The Morgan fingerprint density at radius 1 is 1.29 bits per heavy atom. The fourth-order valence-electron chi connectivity index (χ4n) is 3.59. The van der Waals surface area contributed by atoms with Crippen LogP contribution in [-0.2, 0) is 16.1 Å². The van der Waals surface area contributed by atoms with E-state index in [9.17, 15) is 24.8 Å². The van der Waals surface area contributed by atoms with E-state index >= 15 is 0 Å². The van der Waals surface area contributed by atoms with Crippen LogP contribution >= 0.6 is 24.0 Å². The van der Waals surface area contributed by atoms with Gasteiger partial charge in [-0.3, -0.25) is 23.9 Å². The SMILES string of the molecule is Cc1c(C(=O)CN2C(=O)/C(=C/c3ccccc3)SC2=S)c(O)n(CCCOC(C)C)c(=O)c1C#N. The summed E-state index contributed by atoms with van der Waals surface area (Å²) in [5.41, 5.74) is -0.197. The highest BCUT2D eigenvalue weighted by atomic mass is 32.2. The second-order valence-corrected chi connectivity index (χ2v) is 9.82. The molecule has 0 saturated carbocycles. The van der Waals surface area contributed by atoms with Crippen LogP contribution in [-0.4, -0.2) is 49.8 Å². The standard InChI is InChI=1S/C25H25N3O5S2/c1-15(2)33-11-7-10-27-22(30)18(13-26)16(3)21(24(27)32)19(29)14-28-23(31)20(35-25(28)34)12-17-8-5-4-6-9-17/h4-6,8-9,12,15,32H,7,10-11,14H2,1-3H3/b20-12-. The Bertz CT molecular complexity index is 1290. The van der Waals surface area contributed by atoms with E-state index in [1.54, 1.807) is 6.08 Å². The van der Waals surface area contributed by atoms with Crippen LogP contribution in [0.4, 0.5) is 0 Å². The molecule has 3 rings (SSSR count). The van der Waals surface area contributed by atoms with Gasteiger partial charge in [0.25, 0.3) is 11.5 Å². The van der Waals surface area contributed by atoms with Crippen molar-refractivity contribution in [2.24, 2.45) is 0 Å². The molecule has 35 heavy (non-hydrogen) atoms. The number of carbonyl (C=O) groups excluding carboxylic acids is 2. The van der Waals surface area contributed by atoms with Crippen molar-refractivity contribution >= 4 is 46.1 Å². The van der Waals surface area contributed by atoms with Gasteiger partial charge in [-0.2, -0.15) is 5.26 Å². The third kappa shape index (κ3) is 5.88. The molecule has 1 saturated heterocycles. The minimum atomic E-state index is -0.681. The van der Waals surface area contributed by atoms with Crippen LogP contribution in [0.5, 0.6) is 5.88 Å². The monoisotopic (exact) mass is 511 g/mol. The predicted molar refractivity (Wildman–Crippen MR) is 138 cm³/mol. The first-order valence-corrected chi connectivity index (χ1v) is 12.2. The number of thiocarbonyl (C=S) groups is 1. The number of ether oxygens (including phenoxy) is 1. The summed E-state index contributed by atoms with van der Waals surface area (Å²) in [5.74, 6) is -1.58. The van der Waals surface area contributed by atoms with E-state index in [4.69, 9.17) is 17.0 Å². The van der Waals surface area contributed by atoms with Crippen molar-refractivity contribution in [3.8, 4) is 11.9 Å². The van der Waals surface area contributed by atoms with Crippen molar-refractivity contribution in [2.45, 2.75) is 39.8 Å². The van der Waals surface area contributed by atoms with E-state index in [-0.39, 0.29) is 33.7 Å². The molecule has 1 aromatic heterocycles. The molecule has 0 spiro atoms. The van der Waals surface area contributed by atoms with Gasteiger partial charge >= 0.3 is 0 Å². The molecule has 2 aromatic rings. The van der Waals surface area contributed by atoms with Gasteiger partial charge in [0, 0.05) is 13.2 Å². The highest BCUT2D eigenvalue weighted by Crippen LogP contribution is 2.33. The van der Waals surface area contributed by atoms with Gasteiger partial charge in [-0.1, -0.05) is 54.3 Å². The number of nitriles is 1. The van der Waals surface area contributed by atoms with Gasteiger partial charge in [0.05, 0.1) is 23.1 Å². The quantitative estimate of drug-likeness (QED) is 0.235. The summed E-state index contributed by atoms with van der Waals surface area (Å²) in [4.78, 5) is 40.5. The first kappa shape index (κ1) is 26.3. The smallest absolute Gasteiger partial charge is 0.271 e. The van der Waals surface area contributed by atoms with Crippen molar-refractivity contribution in [2.75, 3.05) is 13.2 Å². The number of amides is 1. The van der Waals surface area contributed by atoms with E-state index < -0.39 is 29.7 Å². The second kappa shape index (κ2) is 11.4. The molecular weight excluding hydrogens is 486 g/mol. The lowest BCUT2D eigenvalue weighted by Crippen LogP contribution is -2.35. The van der Waals surface area contributed by atoms with Crippen LogP contribution in [0.15, 0.2) is 40.0 Å². The van der Waals surface area contributed by atoms with E-state index in [0.717, 1.165) is 26.8 Å². The Kier molecular flexibility index (Phi) is 8.62. The van der Waals surface area contributed by atoms with Gasteiger partial charge in [0.2, 0.25) is 5.88 Å². The van der Waals surface area contributed by atoms with Crippen molar-refractivity contribution in [3.63, 3.8) is 0 Å². The summed E-state index contributed by atoms with van der Waals surface area (Å²) in [5, 5.41) is 20.4. The maximum atomic E-state index is 13.3. The van der Waals surface area contributed by atoms with E-state index in [1.807, 2.05) is 50.2 Å². The van der Waals surface area contributed by atoms with Gasteiger partial charge in [0.1, 0.15) is 16.0 Å². The number of benzene rings is 1. The number of hydrogen-bond acceptors (Lipinski definition) is 8. The second-order valence-electron chi connectivity index (χ2n) is 8.14. The average Bonchev–Trinajstić information content (AvgIpc) is 3.06. The Labute approximate surface area is 212 Å². The lowest BCUT2D eigenvalue weighted by molar-refractivity contribution is -0.121. The minimum absolute atomic E-state index is 0.00526. The van der Waals surface area contributed by atoms with E-state index in [1.165, 1.54) is 6.92 Å². The zero-order valence-corrected chi connectivity index (χ0v) is 21.2. The van der Waals surface area contributed by atoms with Gasteiger partial charge in [-0.15, -0.1) is 0 Å². The first-order chi connectivity index (χ1) is 16.6. The fraction of sp³-hybridized carbons (Fsp3) is 0.320. The Hall–Kier alpha value is -3.26. The molecule has 1 aromatic carbocycles. The minimum Gasteiger partial charge on any atom is -0.494 e. The van der Waals surface area contributed by atoms with Crippen molar-refractivity contribution in [3.05, 3.63) is 67.8 Å². The number of Topliss-reactive ketones (excluding diaryl/α,β-unsaturated/α-hetero) is 1. The Morgan fingerprint density at radius 2 is 1.97 bits per heavy atom. The summed E-state index contributed by atoms with van der Waals surface area (Å²) < 4.78 is 6.68. The maximum absolute atomic E-state index is 13.3. The zero-order valence-electron chi connectivity index (χ0n) is 19.6. The van der Waals surface area contributed by atoms with Crippen LogP contribution in [0.2, 0.25) is 0 Å². The van der Waals surface area contributed by atoms with Crippen LogP contribution in [0.1, 0.15) is 47.3 Å². The molecule has 8 nitrogen and oxygen atoms in total. The largest absolute Gasteiger partial charge is 0.494 e. The molecule has 1 aliphatic heterocycles. The van der Waals surface area contributed by atoms with Gasteiger partial charge in [-0.05, 0) is 44.4 Å². The first-order valence-electron chi connectivity index (χ1n) is 11.0. The molecule has 1 aliphatic rings. The number of hydrogen-bond donors (Lipinski definition) is 1. The predicted octanol–water partition coefficient (Wildman–Crippen LogP) is 3.63. The molecule has 1 amide bonds. The lowest BCUT2D eigenvalue weighted by atomic mass is 10.0. The van der Waals surface area contributed by atoms with E-state index in [0.29, 0.717) is 17.9 Å². The van der Waals surface area contributed by atoms with Gasteiger partial charge < -0.3 is 9.84 Å². The van der Waals surface area contributed by atoms with Crippen LogP contribution in [0.25, 0.3) is 6.08 Å². The van der Waals surface area contributed by atoms with Crippen molar-refractivity contribution in [1.29, 1.82) is 5.26 Å². The molecular formula is C25H25N3O5S2. The van der Waals surface area contributed by atoms with Gasteiger partial charge in [0.15, 0.2) is 5.78 Å². The zero-order chi connectivity index (χ0) is 25.7. The number of carbonyl (C=O) groups is 2. The number of rotatable bonds is 9. The Morgan fingerprint density at radius 3 is 2.60 bits per heavy atom. The third-order valence-corrected chi connectivity index (χ3v) is 6.71. The molecule has 10 heteroatoms. The third-order valence-electron chi connectivity index (χ3n) is 5.33. The number of nitrogens with zero attached hydrogens (tertiary/aromatic N) is 3. The molecule has 0 unspecified atom stereocenters. The normalized spacial score (nSPS) is 14.7. The number of aromatic nitrogens is 1. The number of pyridine rings is 1. The highest BCUT2D eigenvalue weighted by molar-refractivity contribution is 8.26. The van der Waals surface area contributed by atoms with Crippen LogP contribution < -0.4 is 5.56 Å². The number of thioether (sulfide) groups is 1. The van der Waals surface area contributed by atoms with Gasteiger partial charge in [-0.25, -0.2) is 0 Å². The average molecular weight is 512 g/mol. The van der Waals surface area contributed by atoms with E-state index in [2.05, 4.69) is 0 Å². The van der Waals surface area contributed by atoms with Crippen molar-refractivity contribution in [1.82, 2.24) is 9.47 Å². The summed E-state index contributed by atoms with van der Waals surface area (Å²) in [6.07, 6.45) is 2.09. The van der Waals surface area contributed by atoms with Crippen LogP contribution in [0, 0.1) is 18.3 Å². The molecule has 0 aliphatic carbocycles. The summed E-state index contributed by atoms with van der Waals surface area (Å²) in [7, 11) is 0. The molecule has 1 fully saturated rings. The van der Waals surface area contributed by atoms with Crippen LogP contribution in [0.3, 0.4) is 0 Å². The summed E-state index contributed by atoms with van der Waals surface area (Å²) in [6, 6.07) is 11.1. The molecule has 0 bridgehead atoms. The maximum Gasteiger partial charge on any atom is 0.271 e. The number of aromatic hydroxyl groups is 1. The molecule has 0 radical (unpaired) electrons. The fourth-order valence-corrected chi connectivity index (χ4v) is 4.85. The van der Waals surface area contributed by atoms with Crippen molar-refractivity contribution < 1.29 is 19.4 Å². The summed E-state index contributed by atoms with van der Waals surface area (Å²) in [6.45, 7) is 5.16. The molecule has 1 N–H and O–H groups in total. The molecule has 182 valence electrons. The topological polar surface area (TPSA) is 113 Å². The Balaban J connectivity index is 1.88. The molecule has 0 atom stereocenters. The lowest BCUT2D eigenvalue weighted by Gasteiger charge is -2.18. The summed E-state index contributed by atoms with van der Waals surface area (Å²) >= 11 is 6.41. The highest BCUT2D eigenvalue weighted by Gasteiger charge is 2.35. The number of ketones is 1.